The minimum atomic E-state index is -0.734. The van der Waals surface area contributed by atoms with E-state index in [-0.39, 0.29) is 11.7 Å². The highest BCUT2D eigenvalue weighted by Crippen LogP contribution is 2.39. The molecule has 0 saturated carbocycles. The zero-order valence-electron chi connectivity index (χ0n) is 15.5. The minimum absolute atomic E-state index is 0.293. The summed E-state index contributed by atoms with van der Waals surface area (Å²) in [6, 6.07) is 2.47. The maximum absolute atomic E-state index is 14.5. The van der Waals surface area contributed by atoms with Gasteiger partial charge in [0.05, 0.1) is 11.4 Å². The highest BCUT2D eigenvalue weighted by atomic mass is 32.2. The third-order valence-electron chi connectivity index (χ3n) is 4.31. The highest BCUT2D eigenvalue weighted by Gasteiger charge is 2.32. The van der Waals surface area contributed by atoms with Gasteiger partial charge in [-0.2, -0.15) is 0 Å². The summed E-state index contributed by atoms with van der Waals surface area (Å²) in [5.41, 5.74) is 0.451. The Balaban J connectivity index is 1.80. The van der Waals surface area contributed by atoms with E-state index in [2.05, 4.69) is 5.32 Å². The number of nitrogens with one attached hydrogen (secondary N) is 1. The van der Waals surface area contributed by atoms with Crippen molar-refractivity contribution in [1.82, 2.24) is 5.32 Å². The van der Waals surface area contributed by atoms with Crippen molar-refractivity contribution in [3.05, 3.63) is 17.9 Å². The minimum Gasteiger partial charge on any atom is -0.444 e. The molecule has 26 heavy (non-hydrogen) atoms. The van der Waals surface area contributed by atoms with Gasteiger partial charge in [0, 0.05) is 36.9 Å². The number of halogens is 1. The molecule has 6 nitrogen and oxygen atoms in total. The number of carbonyl (C=O) groups excluding carboxylic acids is 2. The van der Waals surface area contributed by atoms with E-state index in [0.717, 1.165) is 24.4 Å². The Bertz CT molecular complexity index is 731. The zero-order chi connectivity index (χ0) is 19.1. The number of amides is 2. The number of ether oxygens (including phenoxy) is 1. The van der Waals surface area contributed by atoms with Crippen LogP contribution in [0, 0.1) is 5.82 Å². The van der Waals surface area contributed by atoms with Crippen LogP contribution in [0.15, 0.2) is 17.0 Å². The topological polar surface area (TPSA) is 61.9 Å². The van der Waals surface area contributed by atoms with Crippen LogP contribution in [0.5, 0.6) is 0 Å². The normalized spacial score (nSPS) is 20.2. The first-order valence-corrected chi connectivity index (χ1v) is 9.62. The Hall–Kier alpha value is -1.96. The number of hydrogen-bond acceptors (Lipinski definition) is 5. The molecule has 2 amide bonds. The van der Waals surface area contributed by atoms with Crippen LogP contribution in [-0.2, 0) is 9.53 Å². The van der Waals surface area contributed by atoms with Crippen LogP contribution in [0.25, 0.3) is 0 Å². The van der Waals surface area contributed by atoms with E-state index >= 15 is 0 Å². The van der Waals surface area contributed by atoms with Crippen molar-refractivity contribution in [2.45, 2.75) is 43.7 Å². The van der Waals surface area contributed by atoms with E-state index in [1.54, 1.807) is 33.9 Å². The van der Waals surface area contributed by atoms with Crippen LogP contribution in [0.2, 0.25) is 0 Å². The third kappa shape index (κ3) is 3.90. The number of benzene rings is 1. The molecular formula is C18H24FN3O3S. The number of carbonyl (C=O) groups is 2. The second-order valence-corrected chi connectivity index (χ2v) is 8.58. The molecule has 2 aliphatic heterocycles. The summed E-state index contributed by atoms with van der Waals surface area (Å²) in [6.45, 7) is 6.98. The Labute approximate surface area is 157 Å². The number of nitrogens with zero attached hydrogens (tertiary/aromatic N) is 2. The molecule has 1 fully saturated rings. The molecular weight excluding hydrogens is 357 g/mol. The molecule has 0 unspecified atom stereocenters. The predicted molar refractivity (Wildman–Crippen MR) is 101 cm³/mol. The lowest BCUT2D eigenvalue weighted by atomic mass is 10.1. The van der Waals surface area contributed by atoms with E-state index in [4.69, 9.17) is 4.74 Å². The van der Waals surface area contributed by atoms with Crippen LogP contribution < -0.4 is 15.1 Å². The van der Waals surface area contributed by atoms with Gasteiger partial charge in [-0.1, -0.05) is 0 Å². The Kier molecular flexibility index (Phi) is 5.05. The zero-order valence-corrected chi connectivity index (χ0v) is 16.3. The monoisotopic (exact) mass is 381 g/mol. The SMILES string of the molecule is CN1C(=O)[C@@H](NC(=O)OC(C)(C)C)CSc2cc(N3CCC3)c(F)cc21. The van der Waals surface area contributed by atoms with Gasteiger partial charge >= 0.3 is 6.09 Å². The Morgan fingerprint density at radius 3 is 2.58 bits per heavy atom. The van der Waals surface area contributed by atoms with Crippen molar-refractivity contribution >= 4 is 35.1 Å². The average Bonchev–Trinajstić information content (AvgIpc) is 2.57. The number of thioether (sulfide) groups is 1. The van der Waals surface area contributed by atoms with Gasteiger partial charge in [-0.15, -0.1) is 11.8 Å². The molecule has 0 spiro atoms. The summed E-state index contributed by atoms with van der Waals surface area (Å²) in [6.07, 6.45) is 0.424. The summed E-state index contributed by atoms with van der Waals surface area (Å²) in [4.78, 5) is 29.0. The number of rotatable bonds is 2. The average molecular weight is 381 g/mol. The maximum atomic E-state index is 14.5. The van der Waals surface area contributed by atoms with E-state index < -0.39 is 17.7 Å². The van der Waals surface area contributed by atoms with Crippen LogP contribution in [0.1, 0.15) is 27.2 Å². The molecule has 2 heterocycles. The second kappa shape index (κ2) is 6.98. The largest absolute Gasteiger partial charge is 0.444 e. The van der Waals surface area contributed by atoms with E-state index in [1.165, 1.54) is 22.7 Å². The van der Waals surface area contributed by atoms with Crippen LogP contribution >= 0.6 is 11.8 Å². The molecule has 0 aromatic heterocycles. The molecule has 1 atom stereocenters. The van der Waals surface area contributed by atoms with Crippen molar-refractivity contribution in [1.29, 1.82) is 0 Å². The first kappa shape index (κ1) is 18.8. The van der Waals surface area contributed by atoms with Gasteiger partial charge < -0.3 is 19.9 Å². The fourth-order valence-corrected chi connectivity index (χ4v) is 3.97. The smallest absolute Gasteiger partial charge is 0.408 e. The molecule has 1 aromatic carbocycles. The fourth-order valence-electron chi connectivity index (χ4n) is 2.86. The summed E-state index contributed by atoms with van der Waals surface area (Å²) in [5.74, 6) is -0.263. The van der Waals surface area contributed by atoms with Gasteiger partial charge in [-0.25, -0.2) is 9.18 Å². The predicted octanol–water partition coefficient (Wildman–Crippen LogP) is 3.00. The Morgan fingerprint density at radius 2 is 2.00 bits per heavy atom. The first-order valence-electron chi connectivity index (χ1n) is 8.64. The summed E-state index contributed by atoms with van der Waals surface area (Å²) >= 11 is 1.43. The molecule has 1 N–H and O–H groups in total. The maximum Gasteiger partial charge on any atom is 0.408 e. The molecule has 0 bridgehead atoms. The van der Waals surface area contributed by atoms with Gasteiger partial charge in [0.15, 0.2) is 0 Å². The molecule has 2 aliphatic rings. The van der Waals surface area contributed by atoms with Crippen molar-refractivity contribution in [2.75, 3.05) is 35.7 Å². The van der Waals surface area contributed by atoms with E-state index in [0.29, 0.717) is 17.1 Å². The summed E-state index contributed by atoms with van der Waals surface area (Å²) in [7, 11) is 1.60. The van der Waals surface area contributed by atoms with Gasteiger partial charge in [-0.3, -0.25) is 4.79 Å². The Morgan fingerprint density at radius 1 is 1.31 bits per heavy atom. The number of fused-ring (bicyclic) bond motifs is 1. The molecule has 0 radical (unpaired) electrons. The van der Waals surface area contributed by atoms with Gasteiger partial charge in [0.1, 0.15) is 17.5 Å². The molecule has 142 valence electrons. The lowest BCUT2D eigenvalue weighted by molar-refractivity contribution is -0.119. The van der Waals surface area contributed by atoms with Crippen molar-refractivity contribution in [2.24, 2.45) is 0 Å². The quantitative estimate of drug-likeness (QED) is 0.853. The number of alkyl carbamates (subject to hydrolysis) is 1. The lowest BCUT2D eigenvalue weighted by Crippen LogP contribution is -2.49. The van der Waals surface area contributed by atoms with Crippen LogP contribution in [0.3, 0.4) is 0 Å². The van der Waals surface area contributed by atoms with Crippen molar-refractivity contribution < 1.29 is 18.7 Å². The lowest BCUT2D eigenvalue weighted by Gasteiger charge is -2.34. The highest BCUT2D eigenvalue weighted by molar-refractivity contribution is 7.99. The third-order valence-corrected chi connectivity index (χ3v) is 5.45. The fraction of sp³-hybridized carbons (Fsp3) is 0.556. The number of likely N-dealkylation sites (N-methyl/N-ethyl adjacent to an activating group) is 1. The van der Waals surface area contributed by atoms with Crippen LogP contribution in [-0.4, -0.2) is 49.5 Å². The standard InChI is InChI=1S/C18H24FN3O3S/c1-18(2,3)25-17(24)20-12-10-26-15-9-13(22-6-5-7-22)11(19)8-14(15)21(4)16(12)23/h8-9,12H,5-7,10H2,1-4H3,(H,20,24)/t12-/m0/s1. The summed E-state index contributed by atoms with van der Waals surface area (Å²) in [5, 5.41) is 2.63. The molecule has 8 heteroatoms. The second-order valence-electron chi connectivity index (χ2n) is 7.52. The van der Waals surface area contributed by atoms with Crippen LogP contribution in [0.4, 0.5) is 20.6 Å². The first-order chi connectivity index (χ1) is 12.2. The van der Waals surface area contributed by atoms with Gasteiger partial charge in [-0.05, 0) is 33.3 Å². The summed E-state index contributed by atoms with van der Waals surface area (Å²) < 4.78 is 19.7. The van der Waals surface area contributed by atoms with E-state index in [1.807, 2.05) is 4.90 Å². The van der Waals surface area contributed by atoms with Gasteiger partial charge in [0.25, 0.3) is 0 Å². The van der Waals surface area contributed by atoms with Crippen molar-refractivity contribution in [3.63, 3.8) is 0 Å². The molecule has 3 rings (SSSR count). The molecule has 1 aromatic rings. The van der Waals surface area contributed by atoms with E-state index in [9.17, 15) is 14.0 Å². The van der Waals surface area contributed by atoms with Crippen molar-refractivity contribution in [3.8, 4) is 0 Å². The number of anilines is 2. The number of hydrogen-bond donors (Lipinski definition) is 1. The molecule has 1 saturated heterocycles. The molecule has 0 aliphatic carbocycles. The van der Waals surface area contributed by atoms with Gasteiger partial charge in [0.2, 0.25) is 5.91 Å².